The second-order valence-electron chi connectivity index (χ2n) is 8.53. The Balaban J connectivity index is 1.56. The number of nitrogens with two attached hydrogens (primary N) is 1. The number of halogens is 2. The summed E-state index contributed by atoms with van der Waals surface area (Å²) in [4.78, 5) is 32.9. The lowest BCUT2D eigenvalue weighted by atomic mass is 9.96. The summed E-state index contributed by atoms with van der Waals surface area (Å²) in [5, 5.41) is 15.0. The number of aryl methyl sites for hydroxylation is 1. The first kappa shape index (κ1) is 24.2. The Morgan fingerprint density at radius 1 is 1.29 bits per heavy atom. The first-order valence-electron chi connectivity index (χ1n) is 11.1. The Morgan fingerprint density at radius 2 is 2.09 bits per heavy atom. The molecule has 0 bridgehead atoms. The van der Waals surface area contributed by atoms with Crippen LogP contribution < -0.4 is 16.4 Å². The zero-order chi connectivity index (χ0) is 25.1. The van der Waals surface area contributed by atoms with Gasteiger partial charge in [-0.2, -0.15) is 0 Å². The Hall–Kier alpha value is -3.92. The number of carbonyl (C=O) groups excluding carboxylic acids is 2. The molecular formula is C25H25F2N5O3. The topological polar surface area (TPSA) is 130 Å². The molecule has 2 amide bonds. The number of anilines is 1. The lowest BCUT2D eigenvalue weighted by Gasteiger charge is -2.22. The summed E-state index contributed by atoms with van der Waals surface area (Å²) in [5.41, 5.74) is 7.97. The molecule has 8 nitrogen and oxygen atoms in total. The fraction of sp³-hybridized carbons (Fsp3) is 0.280. The van der Waals surface area contributed by atoms with E-state index in [1.807, 2.05) is 0 Å². The first-order chi connectivity index (χ1) is 16.7. The van der Waals surface area contributed by atoms with Crippen molar-refractivity contribution in [2.24, 2.45) is 0 Å². The van der Waals surface area contributed by atoms with Gasteiger partial charge in [0.25, 0.3) is 5.91 Å². The van der Waals surface area contributed by atoms with Gasteiger partial charge < -0.3 is 21.5 Å². The van der Waals surface area contributed by atoms with Crippen molar-refractivity contribution in [3.8, 4) is 11.3 Å². The van der Waals surface area contributed by atoms with E-state index in [1.165, 1.54) is 24.3 Å². The molecule has 0 spiro atoms. The molecule has 2 atom stereocenters. The maximum Gasteiger partial charge on any atom is 0.254 e. The highest BCUT2D eigenvalue weighted by atomic mass is 19.1. The van der Waals surface area contributed by atoms with Crippen LogP contribution in [0.1, 0.15) is 52.0 Å². The van der Waals surface area contributed by atoms with Crippen LogP contribution in [0.2, 0.25) is 0 Å². The highest BCUT2D eigenvalue weighted by Gasteiger charge is 2.23. The lowest BCUT2D eigenvalue weighted by Crippen LogP contribution is -2.34. The first-order valence-corrected chi connectivity index (χ1v) is 11.1. The predicted molar refractivity (Wildman–Crippen MR) is 125 cm³/mol. The number of aliphatic hydroxyl groups excluding tert-OH is 1. The van der Waals surface area contributed by atoms with Crippen LogP contribution >= 0.6 is 0 Å². The monoisotopic (exact) mass is 481 g/mol. The molecule has 0 saturated carbocycles. The van der Waals surface area contributed by atoms with Crippen molar-refractivity contribution >= 4 is 17.6 Å². The molecule has 2 heterocycles. The zero-order valence-electron chi connectivity index (χ0n) is 19.0. The number of piperidine rings is 1. The maximum atomic E-state index is 15.0. The molecule has 1 aliphatic heterocycles. The van der Waals surface area contributed by atoms with Gasteiger partial charge in [-0.3, -0.25) is 9.59 Å². The second-order valence-corrected chi connectivity index (χ2v) is 8.53. The fourth-order valence-corrected chi connectivity index (χ4v) is 4.09. The van der Waals surface area contributed by atoms with E-state index in [9.17, 15) is 23.5 Å². The van der Waals surface area contributed by atoms with Crippen LogP contribution in [0.15, 0.2) is 42.6 Å². The number of nitrogens with zero attached hydrogens (tertiary/aromatic N) is 2. The number of aliphatic hydroxyl groups is 1. The van der Waals surface area contributed by atoms with Gasteiger partial charge in [-0.15, -0.1) is 0 Å². The van der Waals surface area contributed by atoms with Crippen LogP contribution in [0.4, 0.5) is 14.6 Å². The third-order valence-corrected chi connectivity index (χ3v) is 5.95. The molecule has 1 aliphatic rings. The molecule has 35 heavy (non-hydrogen) atoms. The fourth-order valence-electron chi connectivity index (χ4n) is 4.09. The van der Waals surface area contributed by atoms with E-state index in [2.05, 4.69) is 20.6 Å². The molecule has 10 heteroatoms. The van der Waals surface area contributed by atoms with Crippen molar-refractivity contribution < 1.29 is 23.5 Å². The summed E-state index contributed by atoms with van der Waals surface area (Å²) in [6.45, 7) is 1.63. The molecule has 1 saturated heterocycles. The van der Waals surface area contributed by atoms with Gasteiger partial charge in [-0.1, -0.05) is 12.1 Å². The van der Waals surface area contributed by atoms with Gasteiger partial charge in [0.1, 0.15) is 23.1 Å². The number of nitrogens with one attached hydrogen (secondary N) is 2. The minimum atomic E-state index is -0.912. The normalized spacial score (nSPS) is 16.5. The third kappa shape index (κ3) is 5.43. The van der Waals surface area contributed by atoms with E-state index >= 15 is 0 Å². The van der Waals surface area contributed by atoms with Crippen molar-refractivity contribution in [1.82, 2.24) is 20.6 Å². The summed E-state index contributed by atoms with van der Waals surface area (Å²) in [5.74, 6) is -2.02. The van der Waals surface area contributed by atoms with Crippen molar-refractivity contribution in [3.05, 3.63) is 76.6 Å². The quantitative estimate of drug-likeness (QED) is 0.428. The molecular weight excluding hydrogens is 456 g/mol. The highest BCUT2D eigenvalue weighted by molar-refractivity contribution is 5.95. The van der Waals surface area contributed by atoms with E-state index < -0.39 is 30.2 Å². The maximum absolute atomic E-state index is 15.0. The SMILES string of the molecule is Cc1cc(F)cc(C(CO)NC(=O)c2ccc(-c3nc(C4CCC(=O)NC4)cnc3N)cc2F)c1. The number of hydrogen-bond acceptors (Lipinski definition) is 6. The Morgan fingerprint density at radius 3 is 2.74 bits per heavy atom. The Kier molecular flexibility index (Phi) is 7.02. The average molecular weight is 482 g/mol. The van der Waals surface area contributed by atoms with Crippen LogP contribution in [-0.2, 0) is 4.79 Å². The number of nitrogen functional groups attached to an aromatic ring is 1. The lowest BCUT2D eigenvalue weighted by molar-refractivity contribution is -0.122. The number of benzene rings is 2. The molecule has 5 N–H and O–H groups in total. The van der Waals surface area contributed by atoms with Gasteiger partial charge in [0, 0.05) is 24.4 Å². The molecule has 0 radical (unpaired) electrons. The van der Waals surface area contributed by atoms with Crippen molar-refractivity contribution in [2.75, 3.05) is 18.9 Å². The van der Waals surface area contributed by atoms with Crippen LogP contribution in [0.5, 0.6) is 0 Å². The number of carbonyl (C=O) groups is 2. The molecule has 182 valence electrons. The van der Waals surface area contributed by atoms with E-state index in [0.717, 1.165) is 6.07 Å². The van der Waals surface area contributed by atoms with E-state index in [1.54, 1.807) is 19.2 Å². The van der Waals surface area contributed by atoms with Gasteiger partial charge in [0.2, 0.25) is 5.91 Å². The number of aromatic nitrogens is 2. The van der Waals surface area contributed by atoms with Crippen LogP contribution in [-0.4, -0.2) is 40.0 Å². The number of hydrogen-bond donors (Lipinski definition) is 4. The molecule has 3 aromatic rings. The van der Waals surface area contributed by atoms with Crippen molar-refractivity contribution in [1.29, 1.82) is 0 Å². The third-order valence-electron chi connectivity index (χ3n) is 5.95. The van der Waals surface area contributed by atoms with Crippen molar-refractivity contribution in [3.63, 3.8) is 0 Å². The Labute approximate surface area is 200 Å². The summed E-state index contributed by atoms with van der Waals surface area (Å²) >= 11 is 0. The van der Waals surface area contributed by atoms with Crippen LogP contribution in [0.3, 0.4) is 0 Å². The van der Waals surface area contributed by atoms with E-state index in [4.69, 9.17) is 5.73 Å². The number of amides is 2. The van der Waals surface area contributed by atoms with Gasteiger partial charge >= 0.3 is 0 Å². The minimum Gasteiger partial charge on any atom is -0.394 e. The summed E-state index contributed by atoms with van der Waals surface area (Å²) in [6, 6.07) is 7.19. The summed E-state index contributed by atoms with van der Waals surface area (Å²) in [6.07, 6.45) is 2.55. The Bertz CT molecular complexity index is 1250. The van der Waals surface area contributed by atoms with Gasteiger partial charge in [-0.25, -0.2) is 18.7 Å². The number of rotatable bonds is 6. The highest BCUT2D eigenvalue weighted by Crippen LogP contribution is 2.29. The molecule has 2 unspecified atom stereocenters. The van der Waals surface area contributed by atoms with Crippen molar-refractivity contribution in [2.45, 2.75) is 31.7 Å². The van der Waals surface area contributed by atoms with Gasteiger partial charge in [0.15, 0.2) is 0 Å². The van der Waals surface area contributed by atoms with Crippen LogP contribution in [0, 0.1) is 18.6 Å². The largest absolute Gasteiger partial charge is 0.394 e. The smallest absolute Gasteiger partial charge is 0.254 e. The second kappa shape index (κ2) is 10.1. The van der Waals surface area contributed by atoms with Crippen LogP contribution in [0.25, 0.3) is 11.3 Å². The predicted octanol–water partition coefficient (Wildman–Crippen LogP) is 2.77. The average Bonchev–Trinajstić information content (AvgIpc) is 2.82. The van der Waals surface area contributed by atoms with Gasteiger partial charge in [-0.05, 0) is 48.7 Å². The zero-order valence-corrected chi connectivity index (χ0v) is 19.0. The summed E-state index contributed by atoms with van der Waals surface area (Å²) < 4.78 is 28.7. The molecule has 2 aromatic carbocycles. The molecule has 1 fully saturated rings. The minimum absolute atomic E-state index is 0.0169. The molecule has 4 rings (SSSR count). The molecule has 0 aliphatic carbocycles. The molecule has 1 aromatic heterocycles. The standard InChI is InChI=1S/C25H25F2N5O3/c1-13-6-16(8-17(26)7-13)21(12-33)32-25(35)18-4-2-14(9-19(18)27)23-24(28)30-11-20(31-23)15-3-5-22(34)29-10-15/h2,4,6-9,11,15,21,33H,3,5,10,12H2,1H3,(H2,28,30)(H,29,34)(H,32,35). The van der Waals surface area contributed by atoms with E-state index in [0.29, 0.717) is 41.8 Å². The summed E-state index contributed by atoms with van der Waals surface area (Å²) in [7, 11) is 0. The van der Waals surface area contributed by atoms with E-state index in [-0.39, 0.29) is 28.9 Å². The van der Waals surface area contributed by atoms with Gasteiger partial charge in [0.05, 0.1) is 30.1 Å².